The van der Waals surface area contributed by atoms with E-state index in [0.717, 1.165) is 18.2 Å². The maximum atomic E-state index is 12.9. The molecule has 0 unspecified atom stereocenters. The highest BCUT2D eigenvalue weighted by Gasteiger charge is 2.37. The summed E-state index contributed by atoms with van der Waals surface area (Å²) in [6, 6.07) is -0.475. The third kappa shape index (κ3) is 6.74. The average Bonchev–Trinajstić information content (AvgIpc) is 2.69. The Bertz CT molecular complexity index is 1070. The highest BCUT2D eigenvalue weighted by Crippen LogP contribution is 2.30. The molecule has 0 saturated heterocycles. The molecule has 2 rings (SSSR count). The number of halogens is 3. The largest absolute Gasteiger partial charge is 0.481 e. The molecular weight excluding hydrogens is 475 g/mol. The van der Waals surface area contributed by atoms with E-state index >= 15 is 0 Å². The highest BCUT2D eigenvalue weighted by atomic mass is 32.2. The second kappa shape index (κ2) is 9.86. The number of aliphatic carboxylic acids is 1. The van der Waals surface area contributed by atoms with E-state index in [0.29, 0.717) is 12.1 Å². The number of hydrogen-bond acceptors (Lipinski definition) is 7. The number of primary amides is 1. The van der Waals surface area contributed by atoms with Gasteiger partial charge in [0.05, 0.1) is 29.0 Å². The van der Waals surface area contributed by atoms with Crippen LogP contribution in [-0.4, -0.2) is 65.8 Å². The molecule has 4 atom stereocenters. The normalized spacial score (nSPS) is 22.2. The number of carbonyl (C=O) groups excluding carboxylic acids is 2. The first kappa shape index (κ1) is 26.2. The SMILES string of the molecule is NC(=O)[C@@H](CC(=O)O)NC(=O)C1=C[C@@H](NS(=O)(=O)c2cccc(C(F)(F)F)c2)[C@@H](O)[C@H](O)C1. The molecule has 15 heteroatoms. The van der Waals surface area contributed by atoms with Gasteiger partial charge in [-0.15, -0.1) is 0 Å². The summed E-state index contributed by atoms with van der Waals surface area (Å²) in [5, 5.41) is 31.0. The lowest BCUT2D eigenvalue weighted by Gasteiger charge is -2.31. The Hall–Kier alpha value is -3.01. The van der Waals surface area contributed by atoms with Crippen molar-refractivity contribution in [3.63, 3.8) is 0 Å². The lowest BCUT2D eigenvalue weighted by atomic mass is 9.90. The maximum Gasteiger partial charge on any atom is 0.416 e. The summed E-state index contributed by atoms with van der Waals surface area (Å²) < 4.78 is 65.7. The monoisotopic (exact) mass is 495 g/mol. The summed E-state index contributed by atoms with van der Waals surface area (Å²) in [5.74, 6) is -3.67. The van der Waals surface area contributed by atoms with Gasteiger partial charge in [0, 0.05) is 12.0 Å². The van der Waals surface area contributed by atoms with E-state index in [9.17, 15) is 46.2 Å². The number of nitrogens with two attached hydrogens (primary N) is 1. The number of amides is 2. The first-order valence-corrected chi connectivity index (χ1v) is 10.7. The fourth-order valence-electron chi connectivity index (χ4n) is 2.98. The van der Waals surface area contributed by atoms with Gasteiger partial charge in [0.1, 0.15) is 12.1 Å². The van der Waals surface area contributed by atoms with Crippen molar-refractivity contribution in [1.82, 2.24) is 10.0 Å². The third-order valence-corrected chi connectivity index (χ3v) is 6.11. The van der Waals surface area contributed by atoms with Crippen molar-refractivity contribution >= 4 is 27.8 Å². The molecule has 33 heavy (non-hydrogen) atoms. The van der Waals surface area contributed by atoms with Crippen LogP contribution < -0.4 is 15.8 Å². The smallest absolute Gasteiger partial charge is 0.416 e. The molecule has 0 saturated carbocycles. The molecule has 0 radical (unpaired) electrons. The van der Waals surface area contributed by atoms with Gasteiger partial charge in [0.2, 0.25) is 21.8 Å². The number of hydrogen-bond donors (Lipinski definition) is 6. The molecular formula is C18H20F3N3O8S. The molecule has 0 aliphatic heterocycles. The van der Waals surface area contributed by atoms with Gasteiger partial charge in [-0.25, -0.2) is 13.1 Å². The number of sulfonamides is 1. The molecule has 1 aromatic rings. The van der Waals surface area contributed by atoms with Gasteiger partial charge in [-0.2, -0.15) is 13.2 Å². The summed E-state index contributed by atoms with van der Waals surface area (Å²) in [5.41, 5.74) is 3.48. The molecule has 7 N–H and O–H groups in total. The number of benzene rings is 1. The number of rotatable bonds is 8. The van der Waals surface area contributed by atoms with E-state index in [-0.39, 0.29) is 5.57 Å². The van der Waals surface area contributed by atoms with Crippen molar-refractivity contribution in [2.75, 3.05) is 0 Å². The molecule has 1 aliphatic rings. The Kier molecular flexibility index (Phi) is 7.84. The molecule has 2 amide bonds. The molecule has 1 aliphatic carbocycles. The lowest BCUT2D eigenvalue weighted by Crippen LogP contribution is -2.52. The molecule has 0 spiro atoms. The summed E-state index contributed by atoms with van der Waals surface area (Å²) >= 11 is 0. The van der Waals surface area contributed by atoms with Gasteiger partial charge in [0.25, 0.3) is 0 Å². The minimum absolute atomic E-state index is 0.318. The predicted molar refractivity (Wildman–Crippen MR) is 104 cm³/mol. The summed E-state index contributed by atoms with van der Waals surface area (Å²) in [4.78, 5) is 33.8. The molecule has 1 aromatic carbocycles. The van der Waals surface area contributed by atoms with Gasteiger partial charge in [0.15, 0.2) is 0 Å². The number of nitrogens with one attached hydrogen (secondary N) is 2. The van der Waals surface area contributed by atoms with Gasteiger partial charge < -0.3 is 26.4 Å². The lowest BCUT2D eigenvalue weighted by molar-refractivity contribution is -0.140. The number of carboxylic acid groups (broad SMARTS) is 1. The van der Waals surface area contributed by atoms with Crippen molar-refractivity contribution in [2.45, 2.75) is 48.2 Å². The first-order valence-electron chi connectivity index (χ1n) is 9.20. The summed E-state index contributed by atoms with van der Waals surface area (Å²) in [7, 11) is -4.65. The second-order valence-corrected chi connectivity index (χ2v) is 8.87. The Morgan fingerprint density at radius 2 is 1.85 bits per heavy atom. The third-order valence-electron chi connectivity index (χ3n) is 4.65. The highest BCUT2D eigenvalue weighted by molar-refractivity contribution is 7.89. The standard InChI is InChI=1S/C18H20F3N3O8S/c19-18(20,21)9-2-1-3-10(6-9)33(31,32)24-11-4-8(5-13(25)15(11)28)17(30)23-12(16(22)29)7-14(26)27/h1-4,6,11-13,15,24-25,28H,5,7H2,(H2,22,29)(H,23,30)(H,26,27)/t11-,12-,13-,15-/m1/s1. The Labute approximate surface area is 185 Å². The van der Waals surface area contributed by atoms with E-state index in [4.69, 9.17) is 10.8 Å². The topological polar surface area (TPSA) is 196 Å². The Morgan fingerprint density at radius 3 is 2.39 bits per heavy atom. The number of aliphatic hydroxyl groups excluding tert-OH is 2. The number of carbonyl (C=O) groups is 3. The van der Waals surface area contributed by atoms with Crippen molar-refractivity contribution in [2.24, 2.45) is 5.73 Å². The molecule has 0 heterocycles. The van der Waals surface area contributed by atoms with Crippen LogP contribution in [0.2, 0.25) is 0 Å². The molecule has 0 aromatic heterocycles. The summed E-state index contributed by atoms with van der Waals surface area (Å²) in [6.45, 7) is 0. The zero-order chi connectivity index (χ0) is 25.1. The van der Waals surface area contributed by atoms with Gasteiger partial charge in [-0.05, 0) is 18.2 Å². The molecule has 0 fully saturated rings. The van der Waals surface area contributed by atoms with Crippen LogP contribution in [0.15, 0.2) is 40.8 Å². The first-order chi connectivity index (χ1) is 15.1. The van der Waals surface area contributed by atoms with Crippen LogP contribution in [-0.2, 0) is 30.6 Å². The molecule has 11 nitrogen and oxygen atoms in total. The van der Waals surface area contributed by atoms with Crippen LogP contribution in [0.5, 0.6) is 0 Å². The van der Waals surface area contributed by atoms with Gasteiger partial charge >= 0.3 is 12.1 Å². The van der Waals surface area contributed by atoms with E-state index in [1.807, 2.05) is 10.0 Å². The zero-order valence-corrected chi connectivity index (χ0v) is 17.4. The quantitative estimate of drug-likeness (QED) is 0.260. The average molecular weight is 495 g/mol. The van der Waals surface area contributed by atoms with Crippen molar-refractivity contribution in [3.8, 4) is 0 Å². The zero-order valence-electron chi connectivity index (χ0n) is 16.6. The summed E-state index contributed by atoms with van der Waals surface area (Å²) in [6.07, 6.45) is -8.69. The van der Waals surface area contributed by atoms with Crippen LogP contribution in [0.25, 0.3) is 0 Å². The number of carboxylic acids is 1. The molecule has 182 valence electrons. The number of aliphatic hydroxyl groups is 2. The maximum absolute atomic E-state index is 12.9. The Morgan fingerprint density at radius 1 is 1.21 bits per heavy atom. The van der Waals surface area contributed by atoms with Crippen LogP contribution in [0.1, 0.15) is 18.4 Å². The van der Waals surface area contributed by atoms with E-state index < -0.39 is 81.6 Å². The van der Waals surface area contributed by atoms with Crippen LogP contribution in [0, 0.1) is 0 Å². The Balaban J connectivity index is 2.30. The van der Waals surface area contributed by atoms with Crippen LogP contribution in [0.4, 0.5) is 13.2 Å². The van der Waals surface area contributed by atoms with Crippen LogP contribution in [0.3, 0.4) is 0 Å². The van der Waals surface area contributed by atoms with E-state index in [2.05, 4.69) is 0 Å². The van der Waals surface area contributed by atoms with Gasteiger partial charge in [-0.1, -0.05) is 12.1 Å². The van der Waals surface area contributed by atoms with Crippen molar-refractivity contribution in [1.29, 1.82) is 0 Å². The molecule has 0 bridgehead atoms. The second-order valence-electron chi connectivity index (χ2n) is 7.15. The van der Waals surface area contributed by atoms with E-state index in [1.54, 1.807) is 0 Å². The number of alkyl halides is 3. The van der Waals surface area contributed by atoms with Gasteiger partial charge in [-0.3, -0.25) is 14.4 Å². The van der Waals surface area contributed by atoms with Crippen molar-refractivity contribution < 1.29 is 51.3 Å². The fraction of sp³-hybridized carbons (Fsp3) is 0.389. The minimum atomic E-state index is -4.82. The van der Waals surface area contributed by atoms with Crippen molar-refractivity contribution in [3.05, 3.63) is 41.5 Å². The fourth-order valence-corrected chi connectivity index (χ4v) is 4.22. The van der Waals surface area contributed by atoms with Crippen LogP contribution >= 0.6 is 0 Å². The van der Waals surface area contributed by atoms with E-state index in [1.165, 1.54) is 0 Å². The predicted octanol–water partition coefficient (Wildman–Crippen LogP) is -1.15. The minimum Gasteiger partial charge on any atom is -0.481 e.